The number of thiophene rings is 1. The number of hydrogen-bond donors (Lipinski definition) is 0. The molecule has 1 fully saturated rings. The molecule has 306 valence electrons. The van der Waals surface area contributed by atoms with Crippen molar-refractivity contribution in [2.24, 2.45) is 0 Å². The third-order valence-electron chi connectivity index (χ3n) is 15.0. The molecule has 3 aliphatic carbocycles. The number of hydrogen-bond acceptors (Lipinski definition) is 2. The van der Waals surface area contributed by atoms with E-state index >= 15 is 0 Å². The third-order valence-corrected chi connectivity index (χ3v) is 16.2. The molecule has 1 nitrogen and oxygen atoms in total. The second kappa shape index (κ2) is 14.3. The summed E-state index contributed by atoms with van der Waals surface area (Å²) >= 11 is 1.88. The van der Waals surface area contributed by atoms with E-state index in [4.69, 9.17) is 0 Å². The third kappa shape index (κ3) is 5.48. The first-order chi connectivity index (χ1) is 31.5. The normalized spacial score (nSPS) is 15.0. The predicted octanol–water partition coefficient (Wildman–Crippen LogP) is 17.7. The van der Waals surface area contributed by atoms with Gasteiger partial charge < -0.3 is 4.90 Å². The highest BCUT2D eigenvalue weighted by Crippen LogP contribution is 2.58. The highest BCUT2D eigenvalue weighted by atomic mass is 32.1. The first-order valence-electron chi connectivity index (χ1n) is 23.0. The first kappa shape index (κ1) is 37.5. The molecule has 1 aromatic heterocycles. The number of fused-ring (bicyclic) bond motifs is 11. The minimum absolute atomic E-state index is 0.0839. The van der Waals surface area contributed by atoms with Gasteiger partial charge in [0, 0.05) is 48.1 Å². The Balaban J connectivity index is 0.935. The van der Waals surface area contributed by atoms with Gasteiger partial charge in [0.1, 0.15) is 0 Å². The van der Waals surface area contributed by atoms with E-state index in [0.717, 1.165) is 11.4 Å². The summed E-state index contributed by atoms with van der Waals surface area (Å²) in [6.07, 6.45) is 4.96. The van der Waals surface area contributed by atoms with Gasteiger partial charge in [0.15, 0.2) is 0 Å². The van der Waals surface area contributed by atoms with E-state index < -0.39 is 0 Å². The average Bonchev–Trinajstić information content (AvgIpc) is 4.11. The van der Waals surface area contributed by atoms with Crippen LogP contribution in [0.5, 0.6) is 0 Å². The molecule has 10 aromatic rings. The molecule has 3 aliphatic rings. The van der Waals surface area contributed by atoms with Gasteiger partial charge in [0.2, 0.25) is 0 Å². The first-order valence-corrected chi connectivity index (χ1v) is 23.8. The molecule has 1 spiro atoms. The zero-order chi connectivity index (χ0) is 42.6. The van der Waals surface area contributed by atoms with Gasteiger partial charge in [0.25, 0.3) is 0 Å². The zero-order valence-electron chi connectivity index (χ0n) is 36.2. The lowest BCUT2D eigenvalue weighted by atomic mass is 9.76. The lowest BCUT2D eigenvalue weighted by Crippen LogP contribution is -2.21. The van der Waals surface area contributed by atoms with Crippen LogP contribution in [0.1, 0.15) is 61.8 Å². The summed E-state index contributed by atoms with van der Waals surface area (Å²) in [5.74, 6) is 0. The Morgan fingerprint density at radius 3 is 1.62 bits per heavy atom. The summed E-state index contributed by atoms with van der Waals surface area (Å²) in [4.78, 5) is 2.48. The van der Waals surface area contributed by atoms with Crippen LogP contribution in [0, 0.1) is 0 Å². The predicted molar refractivity (Wildman–Crippen MR) is 273 cm³/mol. The van der Waals surface area contributed by atoms with E-state index in [1.807, 2.05) is 11.3 Å². The topological polar surface area (TPSA) is 3.24 Å². The zero-order valence-corrected chi connectivity index (χ0v) is 37.1. The molecule has 0 saturated heterocycles. The van der Waals surface area contributed by atoms with Crippen LogP contribution in [-0.4, -0.2) is 0 Å². The second-order valence-electron chi connectivity index (χ2n) is 18.7. The van der Waals surface area contributed by atoms with Crippen LogP contribution in [0.25, 0.3) is 75.8 Å². The molecule has 13 rings (SSSR count). The molecular formula is C62H47NS. The Bertz CT molecular complexity index is 3470. The molecule has 2 heteroatoms. The van der Waals surface area contributed by atoms with Crippen LogP contribution >= 0.6 is 11.3 Å². The van der Waals surface area contributed by atoms with E-state index in [2.05, 4.69) is 219 Å². The quantitative estimate of drug-likeness (QED) is 0.161. The van der Waals surface area contributed by atoms with Crippen LogP contribution in [-0.2, 0) is 10.8 Å². The molecule has 1 heterocycles. The van der Waals surface area contributed by atoms with Gasteiger partial charge in [-0.15, -0.1) is 11.3 Å². The smallest absolute Gasteiger partial charge is 0.0465 e. The van der Waals surface area contributed by atoms with Crippen LogP contribution in [0.3, 0.4) is 0 Å². The van der Waals surface area contributed by atoms with Gasteiger partial charge in [0.05, 0.1) is 0 Å². The molecule has 0 atom stereocenters. The van der Waals surface area contributed by atoms with E-state index in [1.54, 1.807) is 0 Å². The lowest BCUT2D eigenvalue weighted by Gasteiger charge is -2.30. The molecular weight excluding hydrogens is 791 g/mol. The summed E-state index contributed by atoms with van der Waals surface area (Å²) in [5, 5.41) is 2.67. The van der Waals surface area contributed by atoms with Gasteiger partial charge in [-0.2, -0.15) is 0 Å². The molecule has 64 heavy (non-hydrogen) atoms. The molecule has 0 unspecified atom stereocenters. The second-order valence-corrected chi connectivity index (χ2v) is 19.8. The SMILES string of the molecule is CC1(C)c2ccccc2-c2cccc(-c3ccccc3-c3ccc(N(c4ccc(-c5cccc6sc7ccccc7c56)cc4)c4ccc5c(c4)C4(CCCC4)c4ccccc4-5)cc3)c21. The maximum absolute atomic E-state index is 2.53. The van der Waals surface area contributed by atoms with E-state index in [-0.39, 0.29) is 10.8 Å². The summed E-state index contributed by atoms with van der Waals surface area (Å²) in [5.41, 5.74) is 22.4. The van der Waals surface area contributed by atoms with Crippen LogP contribution in [0.15, 0.2) is 200 Å². The van der Waals surface area contributed by atoms with Gasteiger partial charge in [-0.3, -0.25) is 0 Å². The van der Waals surface area contributed by atoms with Gasteiger partial charge >= 0.3 is 0 Å². The van der Waals surface area contributed by atoms with Crippen molar-refractivity contribution in [3.8, 4) is 55.6 Å². The van der Waals surface area contributed by atoms with Crippen molar-refractivity contribution >= 4 is 48.6 Å². The van der Waals surface area contributed by atoms with E-state index in [1.165, 1.54) is 129 Å². The molecule has 9 aromatic carbocycles. The summed E-state index contributed by atoms with van der Waals surface area (Å²) in [6, 6.07) is 75.5. The largest absolute Gasteiger partial charge is 0.310 e. The van der Waals surface area contributed by atoms with Crippen molar-refractivity contribution in [1.82, 2.24) is 0 Å². The maximum Gasteiger partial charge on any atom is 0.0465 e. The van der Waals surface area contributed by atoms with E-state index in [0.29, 0.717) is 0 Å². The number of anilines is 3. The van der Waals surface area contributed by atoms with Crippen molar-refractivity contribution in [2.75, 3.05) is 4.90 Å². The molecule has 0 radical (unpaired) electrons. The Labute approximate surface area is 379 Å². The Morgan fingerprint density at radius 1 is 0.391 bits per heavy atom. The van der Waals surface area contributed by atoms with Gasteiger partial charge in [-0.05, 0) is 139 Å². The molecule has 0 amide bonds. The van der Waals surface area contributed by atoms with Crippen molar-refractivity contribution in [1.29, 1.82) is 0 Å². The van der Waals surface area contributed by atoms with E-state index in [9.17, 15) is 0 Å². The Hall–Kier alpha value is -7.00. The highest BCUT2D eigenvalue weighted by molar-refractivity contribution is 7.25. The van der Waals surface area contributed by atoms with Gasteiger partial charge in [-0.1, -0.05) is 178 Å². The van der Waals surface area contributed by atoms with Crippen LogP contribution < -0.4 is 4.90 Å². The molecule has 0 aliphatic heterocycles. The minimum Gasteiger partial charge on any atom is -0.310 e. The molecule has 0 N–H and O–H groups in total. The highest BCUT2D eigenvalue weighted by Gasteiger charge is 2.45. The number of rotatable bonds is 6. The fourth-order valence-corrected chi connectivity index (χ4v) is 13.3. The van der Waals surface area contributed by atoms with Gasteiger partial charge in [-0.25, -0.2) is 0 Å². The minimum atomic E-state index is -0.103. The summed E-state index contributed by atoms with van der Waals surface area (Å²) < 4.78 is 2.66. The van der Waals surface area contributed by atoms with Crippen LogP contribution in [0.2, 0.25) is 0 Å². The van der Waals surface area contributed by atoms with Crippen molar-refractivity contribution in [2.45, 2.75) is 50.4 Å². The fourth-order valence-electron chi connectivity index (χ4n) is 12.2. The molecule has 0 bridgehead atoms. The Morgan fingerprint density at radius 2 is 0.891 bits per heavy atom. The fraction of sp³-hybridized carbons (Fsp3) is 0.129. The van der Waals surface area contributed by atoms with Crippen molar-refractivity contribution < 1.29 is 0 Å². The summed E-state index contributed by atoms with van der Waals surface area (Å²) in [7, 11) is 0. The average molecular weight is 838 g/mol. The maximum atomic E-state index is 2.53. The standard InChI is InChI=1S/C62H47NS/c1-61(2)54-23-8-5-18-49(54)52-22-13-21-51(60(52)61)47-16-4-3-15-45(47)40-27-31-42(32-28-40)63(44-35-36-50-48-17-6-9-24-55(48)62(56(50)39-44)37-11-12-38-62)43-33-29-41(30-34-43)46-20-14-26-58-59(46)53-19-7-10-25-57(53)64-58/h3-10,13-36,39H,11-12,37-38H2,1-2H3. The van der Waals surface area contributed by atoms with Crippen molar-refractivity contribution in [3.05, 3.63) is 222 Å². The van der Waals surface area contributed by atoms with Crippen LogP contribution in [0.4, 0.5) is 17.1 Å². The monoisotopic (exact) mass is 837 g/mol. The number of nitrogens with zero attached hydrogens (tertiary/aromatic N) is 1. The molecule has 1 saturated carbocycles. The van der Waals surface area contributed by atoms with Crippen molar-refractivity contribution in [3.63, 3.8) is 0 Å². The number of benzene rings is 9. The lowest BCUT2D eigenvalue weighted by molar-refractivity contribution is 0.550. The Kier molecular flexibility index (Phi) is 8.36. The summed E-state index contributed by atoms with van der Waals surface area (Å²) in [6.45, 7) is 4.77.